The first-order valence-corrected chi connectivity index (χ1v) is 1.98. The molecule has 1 aromatic carbocycles. The lowest BCUT2D eigenvalue weighted by molar-refractivity contribution is 1.72. The SMILES string of the molecule is [2H]c1c([2H])c([2H])c([N+]#C)c([2H])c1[2H]. The van der Waals surface area contributed by atoms with Gasteiger partial charge in [-0.05, 0) is 4.85 Å². The molecule has 0 heterocycles. The van der Waals surface area contributed by atoms with Crippen molar-refractivity contribution in [2.45, 2.75) is 0 Å². The van der Waals surface area contributed by atoms with Gasteiger partial charge in [-0.2, -0.15) is 0 Å². The predicted molar refractivity (Wildman–Crippen MR) is 34.4 cm³/mol. The van der Waals surface area contributed by atoms with Gasteiger partial charge in [0.1, 0.15) is 0 Å². The number of para-hydroxylation sites is 1. The third-order valence-corrected chi connectivity index (χ3v) is 0.616. The molecule has 0 fully saturated rings. The summed E-state index contributed by atoms with van der Waals surface area (Å²) in [5.41, 5.74) is -0.217. The van der Waals surface area contributed by atoms with E-state index in [4.69, 9.17) is 13.4 Å². The van der Waals surface area contributed by atoms with Crippen LogP contribution in [0.1, 0.15) is 6.85 Å². The fraction of sp³-hybridized carbons (Fsp3) is 0. The highest BCUT2D eigenvalue weighted by molar-refractivity contribution is 5.43. The molecule has 0 amide bonds. The molecule has 0 atom stereocenters. The van der Waals surface area contributed by atoms with Gasteiger partial charge in [0.25, 0.3) is 6.57 Å². The first-order valence-electron chi connectivity index (χ1n) is 4.48. The van der Waals surface area contributed by atoms with E-state index >= 15 is 0 Å². The highest BCUT2D eigenvalue weighted by Crippen LogP contribution is 2.07. The van der Waals surface area contributed by atoms with Crippen LogP contribution in [0.25, 0.3) is 4.85 Å². The summed E-state index contributed by atoms with van der Waals surface area (Å²) in [7, 11) is 0. The molecule has 1 nitrogen and oxygen atoms in total. The second kappa shape index (κ2) is 2.13. The maximum Gasteiger partial charge on any atom is 0.339 e. The smallest absolute Gasteiger partial charge is 0.0617 e. The Bertz CT molecular complexity index is 377. The van der Waals surface area contributed by atoms with Crippen LogP contribution in [0.15, 0.2) is 30.2 Å². The number of nitrogens with zero attached hydrogens (tertiary/aromatic N) is 1. The fourth-order valence-electron chi connectivity index (χ4n) is 0.308. The van der Waals surface area contributed by atoms with Gasteiger partial charge >= 0.3 is 5.69 Å². The molecule has 0 saturated heterocycles. The van der Waals surface area contributed by atoms with Crippen molar-refractivity contribution < 1.29 is 6.85 Å². The number of rotatable bonds is 0. The van der Waals surface area contributed by atoms with E-state index in [0.29, 0.717) is 0 Å². The summed E-state index contributed by atoms with van der Waals surface area (Å²) in [5.74, 6) is 0. The quantitative estimate of drug-likeness (QED) is 0.481. The van der Waals surface area contributed by atoms with E-state index in [0.717, 1.165) is 0 Å². The van der Waals surface area contributed by atoms with Crippen molar-refractivity contribution in [1.29, 1.82) is 0 Å². The lowest BCUT2D eigenvalue weighted by Gasteiger charge is -1.71. The molecule has 38 valence electrons. The topological polar surface area (TPSA) is 4.36 Å². The average Bonchev–Trinajstić information content (AvgIpc) is 2.13. The molecule has 0 N–H and O–H groups in total. The largest absolute Gasteiger partial charge is 0.339 e. The van der Waals surface area contributed by atoms with Crippen molar-refractivity contribution in [3.05, 3.63) is 35.1 Å². The molecule has 0 aliphatic rings. The van der Waals surface area contributed by atoms with Crippen molar-refractivity contribution in [2.24, 2.45) is 0 Å². The van der Waals surface area contributed by atoms with E-state index in [9.17, 15) is 0 Å². The average molecular weight is 109 g/mol. The molecule has 0 saturated carbocycles. The molecule has 1 rings (SSSR count). The van der Waals surface area contributed by atoms with Gasteiger partial charge in [0.15, 0.2) is 0 Å². The monoisotopic (exact) mass is 109 g/mol. The minimum Gasteiger partial charge on any atom is -0.0617 e. The van der Waals surface area contributed by atoms with Gasteiger partial charge in [-0.15, -0.1) is 0 Å². The summed E-state index contributed by atoms with van der Waals surface area (Å²) in [6, 6.07) is -2.06. The molecule has 0 aliphatic heterocycles. The molecule has 1 heteroatoms. The third-order valence-electron chi connectivity index (χ3n) is 0.616. The number of hydrogen-bond acceptors (Lipinski definition) is 0. The lowest BCUT2D eigenvalue weighted by Crippen LogP contribution is -1.54. The van der Waals surface area contributed by atoms with Gasteiger partial charge < -0.3 is 0 Å². The minimum atomic E-state index is -0.442. The highest BCUT2D eigenvalue weighted by atomic mass is 14.6. The standard InChI is InChI=1S/C7H6N/c1-8-7-5-3-2-4-6-7/h1-6H/q+1/i2D,3D,4D,5D,6D. The van der Waals surface area contributed by atoms with E-state index in [2.05, 4.69) is 4.85 Å². The summed E-state index contributed by atoms with van der Waals surface area (Å²) in [6.07, 6.45) is 0. The zero-order valence-electron chi connectivity index (χ0n) is 9.02. The fourth-order valence-corrected chi connectivity index (χ4v) is 0.308. The summed E-state index contributed by atoms with van der Waals surface area (Å²) < 4.78 is 36.2. The Hall–Kier alpha value is -1.29. The minimum absolute atomic E-state index is 0.217. The Morgan fingerprint density at radius 3 is 2.50 bits per heavy atom. The van der Waals surface area contributed by atoms with Crippen LogP contribution >= 0.6 is 0 Å². The summed E-state index contributed by atoms with van der Waals surface area (Å²) >= 11 is 0. The zero-order chi connectivity index (χ0) is 10.2. The van der Waals surface area contributed by atoms with Gasteiger partial charge in [0, 0.05) is 12.1 Å². The highest BCUT2D eigenvalue weighted by Gasteiger charge is 1.91. The number of benzene rings is 1. The van der Waals surface area contributed by atoms with E-state index in [1.54, 1.807) is 0 Å². The lowest BCUT2D eigenvalue weighted by atomic mass is 10.3. The van der Waals surface area contributed by atoms with Crippen LogP contribution in [0.3, 0.4) is 0 Å². The molecule has 0 aliphatic carbocycles. The van der Waals surface area contributed by atoms with Crippen LogP contribution in [-0.4, -0.2) is 0 Å². The van der Waals surface area contributed by atoms with Crippen molar-refractivity contribution in [3.63, 3.8) is 0 Å². The second-order valence-corrected chi connectivity index (χ2v) is 1.10. The van der Waals surface area contributed by atoms with Gasteiger partial charge in [0.05, 0.1) is 6.85 Å². The van der Waals surface area contributed by atoms with Crippen molar-refractivity contribution in [1.82, 2.24) is 0 Å². The van der Waals surface area contributed by atoms with Crippen LogP contribution in [0.4, 0.5) is 5.69 Å². The molecule has 0 bridgehead atoms. The maximum atomic E-state index is 7.29. The Morgan fingerprint density at radius 1 is 1.38 bits per heavy atom. The summed E-state index contributed by atoms with van der Waals surface area (Å²) in [5, 5.41) is 0. The van der Waals surface area contributed by atoms with Crippen molar-refractivity contribution in [3.8, 4) is 6.57 Å². The first-order chi connectivity index (χ1) is 6.00. The summed E-state index contributed by atoms with van der Waals surface area (Å²) in [4.78, 5) is 3.13. The Morgan fingerprint density at radius 2 is 2.00 bits per heavy atom. The van der Waals surface area contributed by atoms with Crippen LogP contribution in [-0.2, 0) is 0 Å². The van der Waals surface area contributed by atoms with Crippen LogP contribution < -0.4 is 0 Å². The Balaban J connectivity index is 3.69. The summed E-state index contributed by atoms with van der Waals surface area (Å²) in [6.45, 7) is 4.90. The maximum absolute atomic E-state index is 7.29. The normalized spacial score (nSPS) is 16.6. The van der Waals surface area contributed by atoms with Gasteiger partial charge in [0.2, 0.25) is 0 Å². The number of hydrogen-bond donors (Lipinski definition) is 0. The van der Waals surface area contributed by atoms with E-state index in [-0.39, 0.29) is 17.8 Å². The molecule has 1 aromatic rings. The van der Waals surface area contributed by atoms with E-state index in [1.165, 1.54) is 0 Å². The predicted octanol–water partition coefficient (Wildman–Crippen LogP) is 2.28. The van der Waals surface area contributed by atoms with Crippen LogP contribution in [0, 0.1) is 6.57 Å². The zero-order valence-corrected chi connectivity index (χ0v) is 4.02. The van der Waals surface area contributed by atoms with Gasteiger partial charge in [-0.3, -0.25) is 0 Å². The van der Waals surface area contributed by atoms with Crippen molar-refractivity contribution >= 4 is 5.69 Å². The molecule has 8 heavy (non-hydrogen) atoms. The molecule has 0 spiro atoms. The Kier molecular flexibility index (Phi) is 0.425. The molecule has 0 aromatic heterocycles. The molecule has 0 unspecified atom stereocenters. The molecular formula is C7H6N+. The molecular weight excluding hydrogens is 98.1 g/mol. The third kappa shape index (κ3) is 0.855. The van der Waals surface area contributed by atoms with Crippen LogP contribution in [0.5, 0.6) is 0 Å². The first kappa shape index (κ1) is 1.60. The van der Waals surface area contributed by atoms with Crippen LogP contribution in [0.2, 0.25) is 0 Å². The Labute approximate surface area is 55.4 Å². The van der Waals surface area contributed by atoms with Gasteiger partial charge in [-0.1, -0.05) is 18.1 Å². The van der Waals surface area contributed by atoms with Gasteiger partial charge in [-0.25, -0.2) is 0 Å². The van der Waals surface area contributed by atoms with E-state index in [1.807, 2.05) is 0 Å². The van der Waals surface area contributed by atoms with E-state index < -0.39 is 18.1 Å². The second-order valence-electron chi connectivity index (χ2n) is 1.10. The molecule has 0 radical (unpaired) electrons. The van der Waals surface area contributed by atoms with Crippen molar-refractivity contribution in [2.75, 3.05) is 0 Å².